The molecule has 1 aromatic carbocycles. The van der Waals surface area contributed by atoms with E-state index >= 15 is 0 Å². The van der Waals surface area contributed by atoms with Gasteiger partial charge in [-0.05, 0) is 56.4 Å². The fraction of sp³-hybridized carbons (Fsp3) is 0.571. The molecule has 6 nitrogen and oxygen atoms in total. The van der Waals surface area contributed by atoms with E-state index in [2.05, 4.69) is 27.5 Å². The van der Waals surface area contributed by atoms with Crippen LogP contribution in [0.5, 0.6) is 0 Å². The van der Waals surface area contributed by atoms with Crippen molar-refractivity contribution in [1.82, 2.24) is 15.6 Å². The third-order valence-corrected chi connectivity index (χ3v) is 4.85. The van der Waals surface area contributed by atoms with Crippen LogP contribution in [0, 0.1) is 5.82 Å². The lowest BCUT2D eigenvalue weighted by atomic mass is 10.1. The monoisotopic (exact) mass is 390 g/mol. The zero-order valence-electron chi connectivity index (χ0n) is 16.6. The van der Waals surface area contributed by atoms with Crippen LogP contribution in [-0.4, -0.2) is 56.5 Å². The van der Waals surface area contributed by atoms with Gasteiger partial charge in [0.15, 0.2) is 5.96 Å². The number of aliphatic imine (C=N–C) groups is 1. The van der Waals surface area contributed by atoms with E-state index in [1.807, 2.05) is 12.3 Å². The second-order valence-electron chi connectivity index (χ2n) is 6.98. The Hall–Kier alpha value is -2.12. The molecular weight excluding hydrogens is 359 g/mol. The summed E-state index contributed by atoms with van der Waals surface area (Å²) in [5.41, 5.74) is 2.00. The van der Waals surface area contributed by atoms with E-state index in [-0.39, 0.29) is 5.82 Å². The Balaban J connectivity index is 1.40. The third-order valence-electron chi connectivity index (χ3n) is 4.85. The molecule has 0 bridgehead atoms. The summed E-state index contributed by atoms with van der Waals surface area (Å²) in [5, 5.41) is 7.71. The first kappa shape index (κ1) is 20.6. The van der Waals surface area contributed by atoms with Crippen LogP contribution >= 0.6 is 0 Å². The molecule has 0 aliphatic carbocycles. The van der Waals surface area contributed by atoms with Crippen LogP contribution in [0.15, 0.2) is 29.4 Å². The lowest BCUT2D eigenvalue weighted by molar-refractivity contribution is -0.0318. The van der Waals surface area contributed by atoms with Crippen molar-refractivity contribution in [3.8, 4) is 0 Å². The number of rotatable bonds is 9. The summed E-state index contributed by atoms with van der Waals surface area (Å²) in [5.74, 6) is 0.598. The van der Waals surface area contributed by atoms with Crippen LogP contribution in [-0.2, 0) is 15.9 Å². The standard InChI is InChI=1S/C21H31FN4O2/c1-2-23-21(24-9-3-11-28-18-7-12-27-13-8-18)25-10-6-16-15-26-20-14-17(22)4-5-19(16)20/h4-5,14-15,18,26H,2-3,6-13H2,1H3,(H2,23,24,25). The molecule has 28 heavy (non-hydrogen) atoms. The molecule has 154 valence electrons. The Labute approximate surface area is 165 Å². The zero-order chi connectivity index (χ0) is 19.6. The number of H-pyrrole nitrogens is 1. The molecule has 2 aromatic rings. The Kier molecular flexibility index (Phi) is 8.11. The highest BCUT2D eigenvalue weighted by molar-refractivity contribution is 5.83. The molecule has 0 unspecified atom stereocenters. The van der Waals surface area contributed by atoms with Crippen LogP contribution in [0.1, 0.15) is 31.7 Å². The van der Waals surface area contributed by atoms with Crippen LogP contribution < -0.4 is 10.6 Å². The first-order chi connectivity index (χ1) is 13.8. The lowest BCUT2D eigenvalue weighted by Gasteiger charge is -2.22. The van der Waals surface area contributed by atoms with Crippen molar-refractivity contribution in [3.63, 3.8) is 0 Å². The van der Waals surface area contributed by atoms with Gasteiger partial charge in [0, 0.05) is 56.6 Å². The fourth-order valence-electron chi connectivity index (χ4n) is 3.37. The molecule has 1 aliphatic rings. The number of nitrogens with one attached hydrogen (secondary N) is 3. The molecule has 7 heteroatoms. The summed E-state index contributed by atoms with van der Waals surface area (Å²) >= 11 is 0. The van der Waals surface area contributed by atoms with Crippen molar-refractivity contribution in [3.05, 3.63) is 35.8 Å². The summed E-state index contributed by atoms with van der Waals surface area (Å²) in [7, 11) is 0. The number of halogens is 1. The number of fused-ring (bicyclic) bond motifs is 1. The molecular formula is C21H31FN4O2. The largest absolute Gasteiger partial charge is 0.381 e. The molecule has 0 radical (unpaired) electrons. The van der Waals surface area contributed by atoms with Crippen molar-refractivity contribution < 1.29 is 13.9 Å². The minimum Gasteiger partial charge on any atom is -0.381 e. The van der Waals surface area contributed by atoms with Gasteiger partial charge >= 0.3 is 0 Å². The summed E-state index contributed by atoms with van der Waals surface area (Å²) in [6.45, 7) is 6.71. The number of hydrogen-bond acceptors (Lipinski definition) is 3. The highest BCUT2D eigenvalue weighted by Gasteiger charge is 2.13. The maximum absolute atomic E-state index is 13.3. The Morgan fingerprint density at radius 1 is 1.32 bits per heavy atom. The van der Waals surface area contributed by atoms with Gasteiger partial charge < -0.3 is 25.1 Å². The van der Waals surface area contributed by atoms with Gasteiger partial charge in [-0.15, -0.1) is 0 Å². The van der Waals surface area contributed by atoms with Crippen LogP contribution in [0.2, 0.25) is 0 Å². The molecule has 0 amide bonds. The van der Waals surface area contributed by atoms with Gasteiger partial charge in [0.2, 0.25) is 0 Å². The Bertz CT molecular complexity index is 756. The Morgan fingerprint density at radius 3 is 3.00 bits per heavy atom. The minimum atomic E-state index is -0.221. The lowest BCUT2D eigenvalue weighted by Crippen LogP contribution is -2.38. The first-order valence-electron chi connectivity index (χ1n) is 10.2. The molecule has 0 saturated carbocycles. The van der Waals surface area contributed by atoms with Crippen LogP contribution in [0.25, 0.3) is 10.9 Å². The molecule has 0 spiro atoms. The highest BCUT2D eigenvalue weighted by atomic mass is 19.1. The molecule has 0 atom stereocenters. The molecule has 1 saturated heterocycles. The fourth-order valence-corrected chi connectivity index (χ4v) is 3.37. The van der Waals surface area contributed by atoms with Gasteiger partial charge in [-0.1, -0.05) is 0 Å². The van der Waals surface area contributed by atoms with E-state index in [1.54, 1.807) is 0 Å². The topological polar surface area (TPSA) is 70.7 Å². The van der Waals surface area contributed by atoms with Crippen molar-refractivity contribution in [2.24, 2.45) is 4.99 Å². The van der Waals surface area contributed by atoms with E-state index < -0.39 is 0 Å². The van der Waals surface area contributed by atoms with Gasteiger partial charge in [0.05, 0.1) is 6.10 Å². The number of ether oxygens (including phenoxy) is 2. The van der Waals surface area contributed by atoms with Gasteiger partial charge in [0.25, 0.3) is 0 Å². The quantitative estimate of drug-likeness (QED) is 0.350. The first-order valence-corrected chi connectivity index (χ1v) is 10.2. The average Bonchev–Trinajstić information content (AvgIpc) is 3.10. The van der Waals surface area contributed by atoms with Crippen LogP contribution in [0.3, 0.4) is 0 Å². The highest BCUT2D eigenvalue weighted by Crippen LogP contribution is 2.19. The Morgan fingerprint density at radius 2 is 2.18 bits per heavy atom. The number of aromatic amines is 1. The van der Waals surface area contributed by atoms with Crippen molar-refractivity contribution in [1.29, 1.82) is 0 Å². The van der Waals surface area contributed by atoms with Gasteiger partial charge in [-0.3, -0.25) is 4.99 Å². The molecule has 1 aromatic heterocycles. The van der Waals surface area contributed by atoms with Crippen molar-refractivity contribution in [2.75, 3.05) is 39.5 Å². The maximum Gasteiger partial charge on any atom is 0.191 e. The van der Waals surface area contributed by atoms with E-state index in [1.165, 1.54) is 17.7 Å². The predicted molar refractivity (Wildman–Crippen MR) is 110 cm³/mol. The van der Waals surface area contributed by atoms with Gasteiger partial charge in [-0.2, -0.15) is 0 Å². The number of aromatic nitrogens is 1. The number of benzene rings is 1. The summed E-state index contributed by atoms with van der Waals surface area (Å²) in [4.78, 5) is 7.75. The van der Waals surface area contributed by atoms with Crippen molar-refractivity contribution >= 4 is 16.9 Å². The van der Waals surface area contributed by atoms with E-state index in [0.717, 1.165) is 82.0 Å². The van der Waals surface area contributed by atoms with Crippen molar-refractivity contribution in [2.45, 2.75) is 38.7 Å². The van der Waals surface area contributed by atoms with E-state index in [9.17, 15) is 4.39 Å². The summed E-state index contributed by atoms with van der Waals surface area (Å²) < 4.78 is 24.5. The molecule has 1 aliphatic heterocycles. The molecule has 2 heterocycles. The average molecular weight is 391 g/mol. The van der Waals surface area contributed by atoms with Gasteiger partial charge in [-0.25, -0.2) is 4.39 Å². The summed E-state index contributed by atoms with van der Waals surface area (Å²) in [6, 6.07) is 4.86. The number of guanidine groups is 1. The second-order valence-corrected chi connectivity index (χ2v) is 6.98. The number of hydrogen-bond donors (Lipinski definition) is 3. The molecule has 3 N–H and O–H groups in total. The van der Waals surface area contributed by atoms with Crippen LogP contribution in [0.4, 0.5) is 4.39 Å². The van der Waals surface area contributed by atoms with E-state index in [4.69, 9.17) is 9.47 Å². The molecule has 3 rings (SSSR count). The zero-order valence-corrected chi connectivity index (χ0v) is 16.6. The third kappa shape index (κ3) is 6.21. The molecule has 1 fully saturated rings. The van der Waals surface area contributed by atoms with E-state index in [0.29, 0.717) is 6.10 Å². The maximum atomic E-state index is 13.3. The summed E-state index contributed by atoms with van der Waals surface area (Å²) in [6.07, 6.45) is 6.02. The SMILES string of the molecule is CCNC(=NCCCOC1CCOCC1)NCCc1c[nH]c2cc(F)ccc12. The normalized spacial score (nSPS) is 15.9. The smallest absolute Gasteiger partial charge is 0.191 e. The van der Waals surface area contributed by atoms with Gasteiger partial charge in [0.1, 0.15) is 5.82 Å². The minimum absolute atomic E-state index is 0.221. The predicted octanol–water partition coefficient (Wildman–Crippen LogP) is 2.99. The second kappa shape index (κ2) is 11.0. The number of nitrogens with zero attached hydrogens (tertiary/aromatic N) is 1.